The fourth-order valence-electron chi connectivity index (χ4n) is 4.41. The molecule has 1 fully saturated rings. The third kappa shape index (κ3) is 6.02. The zero-order valence-corrected chi connectivity index (χ0v) is 21.5. The molecule has 1 unspecified atom stereocenters. The number of aromatic amines is 1. The number of carbonyl (C=O) groups is 2. The number of Topliss-reactive ketones (excluding diaryl/α,β-unsaturated/α-hetero) is 1. The lowest BCUT2D eigenvalue weighted by atomic mass is 9.95. The van der Waals surface area contributed by atoms with Gasteiger partial charge in [0.2, 0.25) is 12.1 Å². The number of imidazole rings is 1. The zero-order valence-electron chi connectivity index (χ0n) is 21.5. The van der Waals surface area contributed by atoms with Crippen LogP contribution in [0.5, 0.6) is 11.5 Å². The van der Waals surface area contributed by atoms with E-state index in [1.807, 2.05) is 68.3 Å². The van der Waals surface area contributed by atoms with E-state index in [0.717, 1.165) is 6.42 Å². The molecule has 194 valence electrons. The van der Waals surface area contributed by atoms with Crippen LogP contribution >= 0.6 is 0 Å². The molecule has 4 rings (SSSR count). The van der Waals surface area contributed by atoms with Crippen LogP contribution in [0.25, 0.3) is 5.76 Å². The molecule has 2 aromatic carbocycles. The molecule has 3 aromatic rings. The molecule has 0 radical (unpaired) electrons. The highest BCUT2D eigenvalue weighted by Gasteiger charge is 2.43. The van der Waals surface area contributed by atoms with Gasteiger partial charge in [-0.1, -0.05) is 36.9 Å². The van der Waals surface area contributed by atoms with Gasteiger partial charge in [0.25, 0.3) is 5.91 Å². The number of H-pyrrole nitrogens is 1. The SMILES string of the molecule is CCCOc1ccc(C2C(=C([O-])c3ccc(OC(C)C)cc3)C(=O)C(=O)N2CCC[n+]2cc[nH]c2)cc1. The Labute approximate surface area is 217 Å². The van der Waals surface area contributed by atoms with Crippen molar-refractivity contribution in [2.75, 3.05) is 13.2 Å². The third-order valence-corrected chi connectivity index (χ3v) is 6.10. The predicted octanol–water partition coefficient (Wildman–Crippen LogP) is 3.19. The molecule has 0 bridgehead atoms. The van der Waals surface area contributed by atoms with E-state index in [4.69, 9.17) is 9.47 Å². The molecule has 0 spiro atoms. The number of nitrogens with one attached hydrogen (secondary N) is 1. The number of likely N-dealkylation sites (tertiary alicyclic amines) is 1. The number of hydrogen-bond acceptors (Lipinski definition) is 5. The van der Waals surface area contributed by atoms with Gasteiger partial charge in [-0.2, -0.15) is 0 Å². The molecular weight excluding hydrogens is 470 g/mol. The molecule has 1 amide bonds. The number of nitrogens with zero attached hydrogens (tertiary/aromatic N) is 2. The van der Waals surface area contributed by atoms with E-state index in [2.05, 4.69) is 4.98 Å². The van der Waals surface area contributed by atoms with Crippen molar-refractivity contribution < 1.29 is 28.7 Å². The fraction of sp³-hybridized carbons (Fsp3) is 0.345. The zero-order chi connectivity index (χ0) is 26.4. The topological polar surface area (TPSA) is 98.6 Å². The minimum atomic E-state index is -0.768. The van der Waals surface area contributed by atoms with Crippen molar-refractivity contribution in [2.24, 2.45) is 0 Å². The van der Waals surface area contributed by atoms with Gasteiger partial charge < -0.3 is 19.5 Å². The highest BCUT2D eigenvalue weighted by Crippen LogP contribution is 2.39. The summed E-state index contributed by atoms with van der Waals surface area (Å²) in [6.07, 6.45) is 7.05. The van der Waals surface area contributed by atoms with Gasteiger partial charge in [-0.3, -0.25) is 14.6 Å². The smallest absolute Gasteiger partial charge is 0.295 e. The van der Waals surface area contributed by atoms with Crippen LogP contribution in [0.3, 0.4) is 0 Å². The highest BCUT2D eigenvalue weighted by atomic mass is 16.5. The first kappa shape index (κ1) is 26.0. The lowest BCUT2D eigenvalue weighted by Crippen LogP contribution is -2.36. The van der Waals surface area contributed by atoms with Crippen molar-refractivity contribution in [1.82, 2.24) is 9.88 Å². The van der Waals surface area contributed by atoms with Crippen molar-refractivity contribution in [2.45, 2.75) is 52.3 Å². The fourth-order valence-corrected chi connectivity index (χ4v) is 4.41. The lowest BCUT2D eigenvalue weighted by molar-refractivity contribution is -0.695. The second kappa shape index (κ2) is 11.8. The molecule has 1 saturated heterocycles. The van der Waals surface area contributed by atoms with Crippen LogP contribution in [0.2, 0.25) is 0 Å². The van der Waals surface area contributed by atoms with E-state index < -0.39 is 23.5 Å². The van der Waals surface area contributed by atoms with Crippen LogP contribution in [0.15, 0.2) is 72.8 Å². The summed E-state index contributed by atoms with van der Waals surface area (Å²) in [6.45, 7) is 7.46. The Bertz CT molecular complexity index is 1230. The number of carbonyl (C=O) groups excluding carboxylic acids is 2. The van der Waals surface area contributed by atoms with Crippen LogP contribution in [-0.2, 0) is 16.1 Å². The number of amides is 1. The van der Waals surface area contributed by atoms with E-state index in [0.29, 0.717) is 48.7 Å². The van der Waals surface area contributed by atoms with Crippen LogP contribution in [0, 0.1) is 0 Å². The monoisotopic (exact) mass is 503 g/mol. The average Bonchev–Trinajstić information content (AvgIpc) is 3.50. The predicted molar refractivity (Wildman–Crippen MR) is 136 cm³/mol. The molecule has 1 N–H and O–H groups in total. The molecule has 8 heteroatoms. The largest absolute Gasteiger partial charge is 0.872 e. The summed E-state index contributed by atoms with van der Waals surface area (Å²) >= 11 is 0. The molecule has 2 heterocycles. The van der Waals surface area contributed by atoms with E-state index in [1.54, 1.807) is 24.3 Å². The second-order valence-corrected chi connectivity index (χ2v) is 9.28. The van der Waals surface area contributed by atoms with E-state index in [9.17, 15) is 14.7 Å². The maximum absolute atomic E-state index is 13.6. The van der Waals surface area contributed by atoms with Gasteiger partial charge in [-0.25, -0.2) is 4.57 Å². The van der Waals surface area contributed by atoms with E-state index >= 15 is 0 Å². The summed E-state index contributed by atoms with van der Waals surface area (Å²) in [6, 6.07) is 13.2. The van der Waals surface area contributed by atoms with Crippen molar-refractivity contribution in [3.05, 3.63) is 84.0 Å². The van der Waals surface area contributed by atoms with Crippen LogP contribution in [0.1, 0.15) is 50.8 Å². The van der Waals surface area contributed by atoms with Crippen molar-refractivity contribution in [3.8, 4) is 11.5 Å². The number of aryl methyl sites for hydroxylation is 1. The van der Waals surface area contributed by atoms with Gasteiger partial charge >= 0.3 is 0 Å². The summed E-state index contributed by atoms with van der Waals surface area (Å²) in [5.41, 5.74) is 1.00. The van der Waals surface area contributed by atoms with Crippen LogP contribution in [0.4, 0.5) is 0 Å². The van der Waals surface area contributed by atoms with E-state index in [1.165, 1.54) is 4.90 Å². The molecule has 1 aromatic heterocycles. The number of rotatable bonds is 11. The number of ketones is 1. The third-order valence-electron chi connectivity index (χ3n) is 6.10. The first-order valence-electron chi connectivity index (χ1n) is 12.7. The van der Waals surface area contributed by atoms with Gasteiger partial charge in [-0.15, -0.1) is 0 Å². The first-order chi connectivity index (χ1) is 17.9. The van der Waals surface area contributed by atoms with Gasteiger partial charge in [0.05, 0.1) is 25.3 Å². The van der Waals surface area contributed by atoms with Crippen molar-refractivity contribution in [1.29, 1.82) is 0 Å². The van der Waals surface area contributed by atoms with Crippen molar-refractivity contribution >= 4 is 17.4 Å². The Morgan fingerprint density at radius 1 is 1.08 bits per heavy atom. The quantitative estimate of drug-likeness (QED) is 0.188. The van der Waals surface area contributed by atoms with Gasteiger partial charge in [0.1, 0.15) is 23.9 Å². The molecule has 1 aliphatic heterocycles. The number of hydrogen-bond donors (Lipinski definition) is 1. The standard InChI is InChI=1S/C29H33N3O5/c1-4-18-36-23-10-6-21(7-11-23)26-25(27(33)22-8-12-24(13-9-22)37-20(2)3)28(34)29(35)32(26)16-5-15-31-17-14-30-19-31/h6-14,17,19-20,26H,4-5,15-16,18H2,1-3H3,(H,33,34). The maximum Gasteiger partial charge on any atom is 0.295 e. The van der Waals surface area contributed by atoms with Gasteiger partial charge in [0, 0.05) is 18.5 Å². The molecule has 1 aliphatic rings. The lowest BCUT2D eigenvalue weighted by Gasteiger charge is -2.27. The maximum atomic E-state index is 13.6. The summed E-state index contributed by atoms with van der Waals surface area (Å²) in [5.74, 6) is -0.524. The Kier molecular flexibility index (Phi) is 8.28. The Balaban J connectivity index is 1.68. The number of ether oxygens (including phenoxy) is 2. The Morgan fingerprint density at radius 3 is 2.41 bits per heavy atom. The summed E-state index contributed by atoms with van der Waals surface area (Å²) < 4.78 is 13.3. The molecule has 37 heavy (non-hydrogen) atoms. The molecule has 8 nitrogen and oxygen atoms in total. The molecule has 1 atom stereocenters. The molecule has 0 saturated carbocycles. The van der Waals surface area contributed by atoms with Gasteiger partial charge in [-0.05, 0) is 55.7 Å². The Hall–Kier alpha value is -4.07. The minimum absolute atomic E-state index is 0.00314. The summed E-state index contributed by atoms with van der Waals surface area (Å²) in [7, 11) is 0. The summed E-state index contributed by atoms with van der Waals surface area (Å²) in [4.78, 5) is 30.9. The normalized spacial score (nSPS) is 17.0. The Morgan fingerprint density at radius 2 is 1.78 bits per heavy atom. The number of aromatic nitrogens is 2. The highest BCUT2D eigenvalue weighted by molar-refractivity contribution is 6.46. The summed E-state index contributed by atoms with van der Waals surface area (Å²) in [5, 5.41) is 13.6. The molecule has 0 aliphatic carbocycles. The average molecular weight is 504 g/mol. The molecular formula is C29H33N3O5. The number of benzene rings is 2. The minimum Gasteiger partial charge on any atom is -0.872 e. The van der Waals surface area contributed by atoms with Crippen molar-refractivity contribution in [3.63, 3.8) is 0 Å². The van der Waals surface area contributed by atoms with E-state index in [-0.39, 0.29) is 11.7 Å². The van der Waals surface area contributed by atoms with Crippen LogP contribution in [-0.4, -0.2) is 40.8 Å². The first-order valence-corrected chi connectivity index (χ1v) is 12.7. The second-order valence-electron chi connectivity index (χ2n) is 9.28. The van der Waals surface area contributed by atoms with Crippen LogP contribution < -0.4 is 19.1 Å². The van der Waals surface area contributed by atoms with Gasteiger partial charge in [0.15, 0.2) is 0 Å².